The Hall–Kier alpha value is -2.21. The van der Waals surface area contributed by atoms with Gasteiger partial charge in [0.1, 0.15) is 0 Å². The number of nitriles is 1. The van der Waals surface area contributed by atoms with E-state index in [0.29, 0.717) is 34.1 Å². The van der Waals surface area contributed by atoms with Gasteiger partial charge in [0.05, 0.1) is 21.4 Å². The van der Waals surface area contributed by atoms with Crippen LogP contribution in [0.5, 0.6) is 0 Å². The quantitative estimate of drug-likeness (QED) is 0.889. The molecule has 3 rings (SSSR count). The largest absolute Gasteiger partial charge is 0.321 e. The van der Waals surface area contributed by atoms with Crippen molar-refractivity contribution in [1.29, 1.82) is 5.26 Å². The van der Waals surface area contributed by atoms with Crippen molar-refractivity contribution in [1.82, 2.24) is 4.31 Å². The summed E-state index contributed by atoms with van der Waals surface area (Å²) in [4.78, 5) is 13.6. The predicted molar refractivity (Wildman–Crippen MR) is 96.2 cm³/mol. The van der Waals surface area contributed by atoms with Gasteiger partial charge in [-0.3, -0.25) is 4.79 Å². The Morgan fingerprint density at radius 2 is 1.88 bits per heavy atom. The molecule has 0 saturated carbocycles. The minimum Gasteiger partial charge on any atom is -0.321 e. The highest BCUT2D eigenvalue weighted by Gasteiger charge is 2.30. The summed E-state index contributed by atoms with van der Waals surface area (Å²) in [6, 6.07) is 9.96. The van der Waals surface area contributed by atoms with E-state index < -0.39 is 10.0 Å². The number of rotatable bonds is 4. The molecule has 1 aliphatic rings. The van der Waals surface area contributed by atoms with Gasteiger partial charge in [0.15, 0.2) is 0 Å². The number of carbonyl (C=O) groups excluding carboxylic acids is 1. The van der Waals surface area contributed by atoms with Gasteiger partial charge in [-0.2, -0.15) is 9.57 Å². The number of carbonyl (C=O) groups is 1. The van der Waals surface area contributed by atoms with E-state index in [9.17, 15) is 13.2 Å². The zero-order valence-corrected chi connectivity index (χ0v) is 15.3. The Morgan fingerprint density at radius 3 is 2.48 bits per heavy atom. The highest BCUT2D eigenvalue weighted by Crippen LogP contribution is 2.30. The molecule has 0 aliphatic carbocycles. The average molecular weight is 375 g/mol. The van der Waals surface area contributed by atoms with E-state index in [4.69, 9.17) is 5.26 Å². The lowest BCUT2D eigenvalue weighted by molar-refractivity contribution is 0.103. The van der Waals surface area contributed by atoms with Crippen molar-refractivity contribution in [2.45, 2.75) is 24.7 Å². The number of aryl methyl sites for hydroxylation is 1. The van der Waals surface area contributed by atoms with Gasteiger partial charge in [0.2, 0.25) is 10.0 Å². The van der Waals surface area contributed by atoms with E-state index >= 15 is 0 Å². The van der Waals surface area contributed by atoms with Gasteiger partial charge in [-0.25, -0.2) is 8.42 Å². The molecule has 2 aromatic rings. The predicted octanol–water partition coefficient (Wildman–Crippen LogP) is 2.97. The molecule has 6 nitrogen and oxygen atoms in total. The zero-order chi connectivity index (χ0) is 18.0. The van der Waals surface area contributed by atoms with Gasteiger partial charge in [-0.15, -0.1) is 11.3 Å². The van der Waals surface area contributed by atoms with Crippen LogP contribution in [0.4, 0.5) is 5.69 Å². The monoisotopic (exact) mass is 375 g/mol. The first kappa shape index (κ1) is 17.6. The van der Waals surface area contributed by atoms with Crippen LogP contribution in [0.2, 0.25) is 0 Å². The molecule has 1 fully saturated rings. The molecular formula is C17H17N3O3S2. The minimum absolute atomic E-state index is 0.212. The van der Waals surface area contributed by atoms with Crippen LogP contribution < -0.4 is 5.32 Å². The molecule has 2 heterocycles. The van der Waals surface area contributed by atoms with E-state index in [1.165, 1.54) is 10.4 Å². The van der Waals surface area contributed by atoms with Gasteiger partial charge >= 0.3 is 0 Å². The maximum absolute atomic E-state index is 12.7. The average Bonchev–Trinajstić information content (AvgIpc) is 3.25. The van der Waals surface area contributed by atoms with Gasteiger partial charge in [0, 0.05) is 23.7 Å². The third-order valence-corrected chi connectivity index (χ3v) is 7.25. The molecular weight excluding hydrogens is 358 g/mol. The zero-order valence-electron chi connectivity index (χ0n) is 13.7. The first-order valence-electron chi connectivity index (χ1n) is 7.84. The molecule has 1 aliphatic heterocycles. The fourth-order valence-electron chi connectivity index (χ4n) is 2.72. The van der Waals surface area contributed by atoms with Crippen LogP contribution in [0.1, 0.15) is 33.0 Å². The fraction of sp³-hybridized carbons (Fsp3) is 0.294. The van der Waals surface area contributed by atoms with Gasteiger partial charge in [0.25, 0.3) is 5.91 Å². The van der Waals surface area contributed by atoms with Crippen molar-refractivity contribution in [3.05, 3.63) is 45.6 Å². The number of hydrogen-bond acceptors (Lipinski definition) is 5. The smallest absolute Gasteiger partial charge is 0.265 e. The SMILES string of the molecule is Cc1sc(C(=O)Nc2ccc(C#N)cc2)cc1S(=O)(=O)N1CCCC1. The van der Waals surface area contributed by atoms with Crippen LogP contribution in [0.15, 0.2) is 35.2 Å². The molecule has 1 amide bonds. The molecule has 1 aromatic heterocycles. The van der Waals surface area contributed by atoms with Crippen molar-refractivity contribution in [2.24, 2.45) is 0 Å². The lowest BCUT2D eigenvalue weighted by Gasteiger charge is -2.14. The normalized spacial score (nSPS) is 15.0. The Balaban J connectivity index is 1.81. The Kier molecular flexibility index (Phi) is 4.90. The molecule has 8 heteroatoms. The number of hydrogen-bond donors (Lipinski definition) is 1. The number of anilines is 1. The van der Waals surface area contributed by atoms with E-state index in [0.717, 1.165) is 24.2 Å². The van der Waals surface area contributed by atoms with E-state index in [1.54, 1.807) is 31.2 Å². The third kappa shape index (κ3) is 3.58. The number of nitrogens with zero attached hydrogens (tertiary/aromatic N) is 2. The van der Waals surface area contributed by atoms with Crippen molar-refractivity contribution < 1.29 is 13.2 Å². The summed E-state index contributed by atoms with van der Waals surface area (Å²) in [5, 5.41) is 11.5. The van der Waals surface area contributed by atoms with Crippen LogP contribution in [-0.4, -0.2) is 31.7 Å². The summed E-state index contributed by atoms with van der Waals surface area (Å²) in [7, 11) is -3.54. The topological polar surface area (TPSA) is 90.3 Å². The van der Waals surface area contributed by atoms with Crippen molar-refractivity contribution in [3.8, 4) is 6.07 Å². The van der Waals surface area contributed by atoms with Crippen LogP contribution in [0, 0.1) is 18.3 Å². The third-order valence-electron chi connectivity index (χ3n) is 4.05. The first-order chi connectivity index (χ1) is 11.9. The Bertz CT molecular complexity index is 935. The van der Waals surface area contributed by atoms with E-state index in [-0.39, 0.29) is 10.8 Å². The lowest BCUT2D eigenvalue weighted by Crippen LogP contribution is -2.28. The first-order valence-corrected chi connectivity index (χ1v) is 10.1. The second-order valence-electron chi connectivity index (χ2n) is 5.79. The summed E-state index contributed by atoms with van der Waals surface area (Å²) >= 11 is 1.16. The molecule has 130 valence electrons. The number of benzene rings is 1. The number of sulfonamides is 1. The number of thiophene rings is 1. The maximum Gasteiger partial charge on any atom is 0.265 e. The van der Waals surface area contributed by atoms with E-state index in [2.05, 4.69) is 5.32 Å². The second kappa shape index (κ2) is 6.96. The highest BCUT2D eigenvalue weighted by atomic mass is 32.2. The second-order valence-corrected chi connectivity index (χ2v) is 8.95. The molecule has 1 N–H and O–H groups in total. The Morgan fingerprint density at radius 1 is 1.24 bits per heavy atom. The van der Waals surface area contributed by atoms with E-state index in [1.807, 2.05) is 6.07 Å². The van der Waals surface area contributed by atoms with Gasteiger partial charge in [-0.1, -0.05) is 0 Å². The van der Waals surface area contributed by atoms with Gasteiger partial charge < -0.3 is 5.32 Å². The molecule has 0 spiro atoms. The summed E-state index contributed by atoms with van der Waals surface area (Å²) in [6.07, 6.45) is 1.74. The van der Waals surface area contributed by atoms with Crippen LogP contribution in [-0.2, 0) is 10.0 Å². The summed E-state index contributed by atoms with van der Waals surface area (Å²) < 4.78 is 26.9. The molecule has 0 unspecified atom stereocenters. The van der Waals surface area contributed by atoms with Crippen LogP contribution in [0.25, 0.3) is 0 Å². The summed E-state index contributed by atoms with van der Waals surface area (Å²) in [5.74, 6) is -0.360. The minimum atomic E-state index is -3.54. The van der Waals surface area contributed by atoms with Crippen LogP contribution >= 0.6 is 11.3 Å². The standard InChI is InChI=1S/C17H17N3O3S2/c1-12-16(25(22,23)20-8-2-3-9-20)10-15(24-12)17(21)19-14-6-4-13(11-18)5-7-14/h4-7,10H,2-3,8-9H2,1H3,(H,19,21). The molecule has 0 radical (unpaired) electrons. The molecule has 1 aromatic carbocycles. The molecule has 0 atom stereocenters. The van der Waals surface area contributed by atoms with Crippen molar-refractivity contribution in [3.63, 3.8) is 0 Å². The molecule has 1 saturated heterocycles. The summed E-state index contributed by atoms with van der Waals surface area (Å²) in [5.41, 5.74) is 1.06. The highest BCUT2D eigenvalue weighted by molar-refractivity contribution is 7.89. The van der Waals surface area contributed by atoms with Crippen molar-refractivity contribution in [2.75, 3.05) is 18.4 Å². The maximum atomic E-state index is 12.7. The Labute approximate surface area is 150 Å². The number of nitrogens with one attached hydrogen (secondary N) is 1. The van der Waals surface area contributed by atoms with Crippen LogP contribution in [0.3, 0.4) is 0 Å². The van der Waals surface area contributed by atoms with Crippen molar-refractivity contribution >= 4 is 33.0 Å². The van der Waals surface area contributed by atoms with Gasteiger partial charge in [-0.05, 0) is 50.1 Å². The molecule has 25 heavy (non-hydrogen) atoms. The summed E-state index contributed by atoms with van der Waals surface area (Å²) in [6.45, 7) is 2.78. The lowest BCUT2D eigenvalue weighted by atomic mass is 10.2. The number of amides is 1. The molecule has 0 bridgehead atoms. The fourth-order valence-corrected chi connectivity index (χ4v) is 5.69.